The van der Waals surface area contributed by atoms with E-state index < -0.39 is 6.61 Å². The Morgan fingerprint density at radius 1 is 1.12 bits per heavy atom. The zero-order valence-electron chi connectivity index (χ0n) is 18.9. The third-order valence-corrected chi connectivity index (χ3v) is 6.36. The van der Waals surface area contributed by atoms with E-state index in [1.54, 1.807) is 21.9 Å². The molecule has 8 nitrogen and oxygen atoms in total. The Hall–Kier alpha value is -2.75. The van der Waals surface area contributed by atoms with Gasteiger partial charge >= 0.3 is 12.6 Å². The molecule has 0 radical (unpaired) electrons. The van der Waals surface area contributed by atoms with E-state index in [1.165, 1.54) is 12.1 Å². The highest BCUT2D eigenvalue weighted by atomic mass is 19.3. The average Bonchev–Trinajstić information content (AvgIpc) is 3.30. The van der Waals surface area contributed by atoms with Crippen LogP contribution < -0.4 is 4.74 Å². The molecular formula is C23H30F2N4O4. The first kappa shape index (κ1) is 23.4. The summed E-state index contributed by atoms with van der Waals surface area (Å²) in [5.74, 6) is 1.19. The number of aliphatic hydroxyl groups is 1. The number of aromatic nitrogens is 2. The van der Waals surface area contributed by atoms with Crippen molar-refractivity contribution in [3.63, 3.8) is 0 Å². The van der Waals surface area contributed by atoms with Gasteiger partial charge < -0.3 is 24.2 Å². The summed E-state index contributed by atoms with van der Waals surface area (Å²) in [6, 6.07) is 6.49. The van der Waals surface area contributed by atoms with Gasteiger partial charge in [0.1, 0.15) is 5.75 Å². The monoisotopic (exact) mass is 464 g/mol. The number of nitrogens with zero attached hydrogens (tertiary/aromatic N) is 4. The number of urea groups is 1. The van der Waals surface area contributed by atoms with Crippen LogP contribution in [0.5, 0.6) is 5.75 Å². The smallest absolute Gasteiger partial charge is 0.387 e. The van der Waals surface area contributed by atoms with E-state index in [1.807, 2.05) is 13.8 Å². The van der Waals surface area contributed by atoms with Crippen LogP contribution in [0.2, 0.25) is 0 Å². The predicted octanol–water partition coefficient (Wildman–Crippen LogP) is 3.94. The maximum atomic E-state index is 13.3. The van der Waals surface area contributed by atoms with E-state index in [0.717, 1.165) is 5.56 Å². The van der Waals surface area contributed by atoms with Crippen molar-refractivity contribution in [1.82, 2.24) is 19.9 Å². The number of hydrogen-bond donors (Lipinski definition) is 1. The number of ether oxygens (including phenoxy) is 1. The molecule has 2 aromatic rings. The van der Waals surface area contributed by atoms with E-state index in [2.05, 4.69) is 14.9 Å². The molecule has 3 heterocycles. The topological polar surface area (TPSA) is 91.9 Å². The summed E-state index contributed by atoms with van der Waals surface area (Å²) < 4.78 is 35.0. The van der Waals surface area contributed by atoms with E-state index in [-0.39, 0.29) is 35.6 Å². The number of carbonyl (C=O) groups is 1. The minimum Gasteiger partial charge on any atom is -0.435 e. The first-order valence-electron chi connectivity index (χ1n) is 11.4. The van der Waals surface area contributed by atoms with Gasteiger partial charge in [0, 0.05) is 38.0 Å². The minimum absolute atomic E-state index is 0.0296. The van der Waals surface area contributed by atoms with Gasteiger partial charge in [-0.2, -0.15) is 13.8 Å². The second-order valence-electron chi connectivity index (χ2n) is 9.13. The molecule has 0 spiro atoms. The van der Waals surface area contributed by atoms with E-state index >= 15 is 0 Å². The third-order valence-electron chi connectivity index (χ3n) is 6.36. The number of alkyl halides is 2. The normalized spacial score (nSPS) is 22.3. The van der Waals surface area contributed by atoms with E-state index in [0.29, 0.717) is 57.2 Å². The average molecular weight is 465 g/mol. The maximum Gasteiger partial charge on any atom is 0.387 e. The second-order valence-corrected chi connectivity index (χ2v) is 9.13. The van der Waals surface area contributed by atoms with Crippen LogP contribution in [-0.2, 0) is 0 Å². The van der Waals surface area contributed by atoms with Crippen LogP contribution in [0.1, 0.15) is 68.1 Å². The zero-order valence-corrected chi connectivity index (χ0v) is 18.9. The van der Waals surface area contributed by atoms with Crippen LogP contribution in [0.4, 0.5) is 13.6 Å². The lowest BCUT2D eigenvalue weighted by Gasteiger charge is -2.40. The summed E-state index contributed by atoms with van der Waals surface area (Å²) >= 11 is 0. The molecule has 180 valence electrons. The van der Waals surface area contributed by atoms with Crippen molar-refractivity contribution in [3.8, 4) is 5.75 Å². The molecule has 0 saturated carbocycles. The number of likely N-dealkylation sites (tertiary alicyclic amines) is 2. The van der Waals surface area contributed by atoms with Crippen molar-refractivity contribution >= 4 is 6.03 Å². The first-order valence-corrected chi connectivity index (χ1v) is 11.4. The molecule has 2 saturated heterocycles. The quantitative estimate of drug-likeness (QED) is 0.721. The van der Waals surface area contributed by atoms with E-state index in [4.69, 9.17) is 4.52 Å². The van der Waals surface area contributed by atoms with Gasteiger partial charge in [-0.25, -0.2) is 4.79 Å². The molecule has 2 aliphatic heterocycles. The predicted molar refractivity (Wildman–Crippen MR) is 115 cm³/mol. The summed E-state index contributed by atoms with van der Waals surface area (Å²) in [5.41, 5.74) is 0.928. The molecule has 2 aliphatic rings. The molecule has 1 aromatic carbocycles. The number of halogens is 2. The molecular weight excluding hydrogens is 434 g/mol. The van der Waals surface area contributed by atoms with Crippen LogP contribution >= 0.6 is 0 Å². The molecule has 10 heteroatoms. The summed E-state index contributed by atoms with van der Waals surface area (Å²) in [5, 5.41) is 13.9. The third kappa shape index (κ3) is 5.61. The van der Waals surface area contributed by atoms with Gasteiger partial charge in [-0.15, -0.1) is 0 Å². The summed E-state index contributed by atoms with van der Waals surface area (Å²) in [7, 11) is 0. The van der Waals surface area contributed by atoms with Gasteiger partial charge in [0.05, 0.1) is 12.0 Å². The van der Waals surface area contributed by atoms with Gasteiger partial charge in [0.2, 0.25) is 5.89 Å². The van der Waals surface area contributed by atoms with Crippen LogP contribution in [-0.4, -0.2) is 70.0 Å². The minimum atomic E-state index is -2.88. The van der Waals surface area contributed by atoms with Crippen molar-refractivity contribution in [2.24, 2.45) is 0 Å². The molecule has 33 heavy (non-hydrogen) atoms. The summed E-state index contributed by atoms with van der Waals surface area (Å²) in [6.45, 7) is 3.09. The number of carbonyl (C=O) groups excluding carboxylic acids is 1. The standard InChI is InChI=1S/C23H30F2N4O4/c1-14(2)20-26-21(33-27-20)17-11-16(15-3-5-19(6-4-15)32-22(24)25)12-29(13-17)23(31)28-9-7-18(30)8-10-28/h3-6,14,16-18,22,30H,7-13H2,1-2H3. The van der Waals surface area contributed by atoms with Gasteiger partial charge in [-0.1, -0.05) is 31.1 Å². The highest BCUT2D eigenvalue weighted by molar-refractivity contribution is 5.75. The Balaban J connectivity index is 1.55. The molecule has 2 amide bonds. The Morgan fingerprint density at radius 3 is 2.39 bits per heavy atom. The second kappa shape index (κ2) is 10.0. The highest BCUT2D eigenvalue weighted by Crippen LogP contribution is 2.37. The van der Waals surface area contributed by atoms with Crippen LogP contribution in [0.15, 0.2) is 28.8 Å². The zero-order chi connectivity index (χ0) is 23.5. The van der Waals surface area contributed by atoms with Crippen molar-refractivity contribution in [1.29, 1.82) is 0 Å². The molecule has 2 atom stereocenters. The Bertz CT molecular complexity index is 929. The van der Waals surface area contributed by atoms with Crippen LogP contribution in [0.3, 0.4) is 0 Å². The highest BCUT2D eigenvalue weighted by Gasteiger charge is 2.37. The fourth-order valence-corrected chi connectivity index (χ4v) is 4.50. The molecule has 0 bridgehead atoms. The number of amides is 2. The summed E-state index contributed by atoms with van der Waals surface area (Å²) in [4.78, 5) is 21.4. The van der Waals surface area contributed by atoms with E-state index in [9.17, 15) is 18.7 Å². The Morgan fingerprint density at radius 2 is 1.79 bits per heavy atom. The lowest BCUT2D eigenvalue weighted by molar-refractivity contribution is -0.0498. The lowest BCUT2D eigenvalue weighted by atomic mass is 9.84. The SMILES string of the molecule is CC(C)c1noc(C2CC(c3ccc(OC(F)F)cc3)CN(C(=O)N3CCC(O)CC3)C2)n1. The van der Waals surface area contributed by atoms with Gasteiger partial charge in [0.15, 0.2) is 5.82 Å². The van der Waals surface area contributed by atoms with Crippen molar-refractivity contribution < 1.29 is 27.9 Å². The molecule has 1 aromatic heterocycles. The van der Waals surface area contributed by atoms with Crippen LogP contribution in [0.25, 0.3) is 0 Å². The van der Waals surface area contributed by atoms with Crippen molar-refractivity contribution in [3.05, 3.63) is 41.5 Å². The van der Waals surface area contributed by atoms with Gasteiger partial charge in [-0.3, -0.25) is 0 Å². The van der Waals surface area contributed by atoms with Crippen molar-refractivity contribution in [2.75, 3.05) is 26.2 Å². The number of aliphatic hydroxyl groups excluding tert-OH is 1. The molecule has 0 aliphatic carbocycles. The fraction of sp³-hybridized carbons (Fsp3) is 0.609. The fourth-order valence-electron chi connectivity index (χ4n) is 4.50. The number of benzene rings is 1. The first-order chi connectivity index (χ1) is 15.8. The lowest BCUT2D eigenvalue weighted by Crippen LogP contribution is -2.51. The maximum absolute atomic E-state index is 13.3. The Kier molecular flexibility index (Phi) is 7.11. The van der Waals surface area contributed by atoms with Gasteiger partial charge in [0.25, 0.3) is 0 Å². The number of hydrogen-bond acceptors (Lipinski definition) is 6. The molecule has 2 fully saturated rings. The Labute approximate surface area is 191 Å². The summed E-state index contributed by atoms with van der Waals surface area (Å²) in [6.07, 6.45) is 1.47. The molecule has 2 unspecified atom stereocenters. The molecule has 4 rings (SSSR count). The number of rotatable bonds is 5. The molecule has 1 N–H and O–H groups in total. The largest absolute Gasteiger partial charge is 0.435 e. The van der Waals surface area contributed by atoms with Crippen molar-refractivity contribution in [2.45, 2.75) is 63.6 Å². The van der Waals surface area contributed by atoms with Crippen LogP contribution in [0, 0.1) is 0 Å². The number of piperidine rings is 2. The van der Waals surface area contributed by atoms with Gasteiger partial charge in [-0.05, 0) is 37.0 Å².